The number of fused-ring (bicyclic) bond motifs is 4. The molecule has 4 aliphatic rings. The molecule has 0 aromatic heterocycles. The number of ether oxygens (including phenoxy) is 3. The highest BCUT2D eigenvalue weighted by molar-refractivity contribution is 7.80. The number of hydrogen-bond acceptors (Lipinski definition) is 14. The van der Waals surface area contributed by atoms with Gasteiger partial charge in [0.1, 0.15) is 23.2 Å². The van der Waals surface area contributed by atoms with Crippen molar-refractivity contribution in [1.29, 1.82) is 0 Å². The Morgan fingerprint density at radius 1 is 0.932 bits per heavy atom. The molecule has 1 unspecified atom stereocenters. The first-order valence-corrected chi connectivity index (χ1v) is 24.6. The number of methoxy groups -OCH3 is 2. The second kappa shape index (κ2) is 25.5. The Kier molecular flexibility index (Phi) is 19.2. The minimum absolute atomic E-state index is 0.0261. The number of primary amides is 1. The Balaban J connectivity index is 1.08. The molecule has 0 fully saturated rings. The third-order valence-electron chi connectivity index (χ3n) is 12.9. The monoisotopic (exact) mass is 1030 g/mol. The van der Waals surface area contributed by atoms with Crippen LogP contribution in [0.15, 0.2) is 122 Å². The van der Waals surface area contributed by atoms with Crippen LogP contribution in [0.3, 0.4) is 0 Å². The predicted molar refractivity (Wildman–Crippen MR) is 283 cm³/mol. The fraction of sp³-hybridized carbons (Fsp3) is 0.364. The Morgan fingerprint density at radius 2 is 1.66 bits per heavy atom. The van der Waals surface area contributed by atoms with Crippen LogP contribution in [0.1, 0.15) is 76.6 Å². The number of carboxylic acid groups (broad SMARTS) is 1. The van der Waals surface area contributed by atoms with Gasteiger partial charge in [-0.2, -0.15) is 0 Å². The summed E-state index contributed by atoms with van der Waals surface area (Å²) in [5.74, 6) is -3.38. The molecule has 9 N–H and O–H groups in total. The van der Waals surface area contributed by atoms with Gasteiger partial charge in [-0.15, -0.1) is 0 Å². The number of aliphatic hydroxyl groups excluding tert-OH is 1. The number of aliphatic hydroxyl groups is 1. The van der Waals surface area contributed by atoms with Gasteiger partial charge in [-0.25, -0.2) is 9.59 Å². The number of aromatic carboxylic acids is 1. The van der Waals surface area contributed by atoms with Gasteiger partial charge in [-0.05, 0) is 105 Å². The van der Waals surface area contributed by atoms with E-state index in [-0.39, 0.29) is 68.1 Å². The van der Waals surface area contributed by atoms with Crippen LogP contribution >= 0.6 is 12.2 Å². The van der Waals surface area contributed by atoms with E-state index in [1.54, 1.807) is 50.3 Å². The lowest BCUT2D eigenvalue weighted by Gasteiger charge is -2.30. The van der Waals surface area contributed by atoms with Gasteiger partial charge in [0.2, 0.25) is 11.6 Å². The van der Waals surface area contributed by atoms with Crippen LogP contribution in [0.25, 0.3) is 33.4 Å². The van der Waals surface area contributed by atoms with Gasteiger partial charge in [0.15, 0.2) is 16.6 Å². The molecule has 2 aromatic rings. The topological polar surface area (TPSA) is 278 Å². The number of phenols is 1. The van der Waals surface area contributed by atoms with E-state index in [2.05, 4.69) is 21.3 Å². The van der Waals surface area contributed by atoms with Crippen molar-refractivity contribution >= 4 is 63.5 Å². The molecule has 0 saturated carbocycles. The highest BCUT2D eigenvalue weighted by Gasteiger charge is 2.34. The maximum absolute atomic E-state index is 14.1. The summed E-state index contributed by atoms with van der Waals surface area (Å²) in [5, 5.41) is 44.9. The molecule has 6 rings (SSSR count). The first-order valence-electron chi connectivity index (χ1n) is 24.2. The Morgan fingerprint density at radius 3 is 2.36 bits per heavy atom. The van der Waals surface area contributed by atoms with Crippen LogP contribution in [0.4, 0.5) is 10.5 Å². The maximum atomic E-state index is 14.1. The number of hydrogen-bond donors (Lipinski definition) is 8. The minimum atomic E-state index is -1.19. The zero-order valence-electron chi connectivity index (χ0n) is 42.1. The molecule has 2 aromatic carbocycles. The number of rotatable bonds is 14. The number of allylic oxidation sites excluding steroid dienone is 4. The highest BCUT2D eigenvalue weighted by atomic mass is 32.1. The molecule has 0 saturated heterocycles. The molecule has 74 heavy (non-hydrogen) atoms. The van der Waals surface area contributed by atoms with Crippen LogP contribution in [-0.2, 0) is 28.6 Å². The van der Waals surface area contributed by atoms with Crippen LogP contribution in [0.5, 0.6) is 5.75 Å². The maximum Gasteiger partial charge on any atom is 0.405 e. The molecular formula is C55H63N5O13S. The molecule has 6 atom stereocenters. The molecule has 392 valence electrons. The summed E-state index contributed by atoms with van der Waals surface area (Å²) in [6.45, 7) is 7.83. The number of carbonyl (C=O) groups is 5. The first-order chi connectivity index (χ1) is 35.3. The van der Waals surface area contributed by atoms with E-state index in [0.717, 1.165) is 25.3 Å². The van der Waals surface area contributed by atoms with Crippen LogP contribution in [-0.4, -0.2) is 102 Å². The van der Waals surface area contributed by atoms with Crippen LogP contribution in [0, 0.1) is 11.8 Å². The van der Waals surface area contributed by atoms with Crippen molar-refractivity contribution < 1.29 is 57.9 Å². The number of unbranched alkanes of at least 4 members (excludes halogenated alkanes) is 3. The quantitative estimate of drug-likeness (QED) is 0.0204. The summed E-state index contributed by atoms with van der Waals surface area (Å²) in [6, 6.07) is 13.6. The predicted octanol–water partition coefficient (Wildman–Crippen LogP) is 7.18. The summed E-state index contributed by atoms with van der Waals surface area (Å²) in [5.41, 5.74) is 8.18. The molecule has 0 spiro atoms. The first kappa shape index (κ1) is 55.9. The van der Waals surface area contributed by atoms with Crippen LogP contribution in [0.2, 0.25) is 0 Å². The molecular weight excluding hydrogens is 971 g/mol. The largest absolute Gasteiger partial charge is 0.508 e. The molecule has 2 heterocycles. The SMILES string of the molecule is COC1/C=C\C=C(/C)C(=O)NC2=CC(=O)C(NCCCCCCNC(=S)Nc3ccc(-c4c5ccc(=O)cc-5oc5cc(O)ccc45)c(C(=O)O)c3)=C(C[C@@H](C)C[C@H](OC)[C@H](O)[C@@H](C)/C=C(\C)[C@@H]1OC(N)=O)C2=O. The Hall–Kier alpha value is -7.45. The van der Waals surface area contributed by atoms with E-state index in [9.17, 15) is 44.1 Å². The van der Waals surface area contributed by atoms with Crippen LogP contribution < -0.4 is 32.4 Å². The van der Waals surface area contributed by atoms with Gasteiger partial charge in [0.05, 0.1) is 29.2 Å². The Bertz CT molecular complexity index is 2990. The highest BCUT2D eigenvalue weighted by Crippen LogP contribution is 2.42. The average Bonchev–Trinajstić information content (AvgIpc) is 3.35. The van der Waals surface area contributed by atoms with E-state index in [4.69, 9.17) is 36.6 Å². The lowest BCUT2D eigenvalue weighted by Crippen LogP contribution is -2.38. The summed E-state index contributed by atoms with van der Waals surface area (Å²) in [4.78, 5) is 78.1. The van der Waals surface area contributed by atoms with Crippen molar-refractivity contribution in [2.24, 2.45) is 17.6 Å². The summed E-state index contributed by atoms with van der Waals surface area (Å²) in [6.07, 6.45) is 6.32. The van der Waals surface area contributed by atoms with Crippen molar-refractivity contribution in [3.8, 4) is 28.2 Å². The standard InChI is InChI=1S/C55H63N5O13S/c1-29-22-40-48(42(63)28-41(50(40)65)60-52(66)30(2)12-11-13-43(70-5)51(73-54(56)69)32(4)24-31(3)49(64)46(23-29)71-6)57-20-9-7-8-10-21-58-55(74)59-33-14-17-36(39(25-33)53(67)68)47-37-18-15-34(61)26-44(37)72-45-27-35(62)16-19-38(45)47/h11-19,24-29,31,43,46,49,51,57,61,64H,7-10,20-23H2,1-6H3,(H2,56,69)(H,60,66)(H,67,68)(H2,58,59,74)/b13-11-,30-12+,32-24+/t29-,31+,43?,46+,49-,51+/m1/s1. The van der Waals surface area contributed by atoms with E-state index in [0.29, 0.717) is 59.3 Å². The van der Waals surface area contributed by atoms with E-state index >= 15 is 0 Å². The van der Waals surface area contributed by atoms with Crippen molar-refractivity contribution in [3.05, 3.63) is 129 Å². The van der Waals surface area contributed by atoms with Gasteiger partial charge in [-0.3, -0.25) is 19.2 Å². The van der Waals surface area contributed by atoms with Crippen molar-refractivity contribution in [2.75, 3.05) is 32.6 Å². The molecule has 2 aliphatic heterocycles. The van der Waals surface area contributed by atoms with Gasteiger partial charge in [-0.1, -0.05) is 57.1 Å². The molecule has 2 aliphatic carbocycles. The zero-order valence-corrected chi connectivity index (χ0v) is 42.9. The number of benzene rings is 3. The number of anilines is 1. The average molecular weight is 1030 g/mol. The molecule has 0 radical (unpaired) electrons. The normalized spacial score (nSPS) is 23.0. The number of aromatic hydroxyl groups is 1. The van der Waals surface area contributed by atoms with Gasteiger partial charge in [0.25, 0.3) is 5.91 Å². The number of Topliss-reactive ketones (excluding diaryl/α,β-unsaturated/α-hetero) is 1. The summed E-state index contributed by atoms with van der Waals surface area (Å²) in [7, 11) is 2.90. The second-order valence-corrected chi connectivity index (χ2v) is 18.9. The molecule has 18 nitrogen and oxygen atoms in total. The van der Waals surface area contributed by atoms with E-state index < -0.39 is 59.9 Å². The smallest absolute Gasteiger partial charge is 0.405 e. The molecule has 2 amide bonds. The number of carboxylic acids is 1. The minimum Gasteiger partial charge on any atom is -0.508 e. The lowest BCUT2D eigenvalue weighted by molar-refractivity contribution is -0.120. The number of nitrogens with one attached hydrogen (secondary N) is 4. The fourth-order valence-electron chi connectivity index (χ4n) is 9.14. The van der Waals surface area contributed by atoms with E-state index in [1.807, 2.05) is 6.92 Å². The van der Waals surface area contributed by atoms with Crippen molar-refractivity contribution in [1.82, 2.24) is 16.0 Å². The lowest BCUT2D eigenvalue weighted by atomic mass is 9.85. The van der Waals surface area contributed by atoms with Gasteiger partial charge < -0.3 is 60.9 Å². The third kappa shape index (κ3) is 14.0. The second-order valence-electron chi connectivity index (χ2n) is 18.5. The van der Waals surface area contributed by atoms with Gasteiger partial charge in [0, 0.05) is 84.8 Å². The van der Waals surface area contributed by atoms with Crippen molar-refractivity contribution in [2.45, 2.75) is 90.6 Å². The number of nitrogens with two attached hydrogens (primary N) is 1. The Labute approximate surface area is 433 Å². The summed E-state index contributed by atoms with van der Waals surface area (Å²) < 4.78 is 22.7. The third-order valence-corrected chi connectivity index (χ3v) is 13.2. The number of amides is 2. The van der Waals surface area contributed by atoms with Crippen molar-refractivity contribution in [3.63, 3.8) is 0 Å². The number of ketones is 2. The summed E-state index contributed by atoms with van der Waals surface area (Å²) >= 11 is 5.54. The van der Waals surface area contributed by atoms with E-state index in [1.165, 1.54) is 63.6 Å². The number of phenolic OH excluding ortho intramolecular Hbond substituents is 1. The zero-order chi connectivity index (χ0) is 53.8. The van der Waals surface area contributed by atoms with Gasteiger partial charge >= 0.3 is 12.1 Å². The molecule has 19 heteroatoms. The number of thiocarbonyl (C=S) groups is 1. The molecule has 2 bridgehead atoms. The number of carbonyl (C=O) groups excluding carboxylic acids is 4. The fourth-order valence-corrected chi connectivity index (χ4v) is 9.36.